The van der Waals surface area contributed by atoms with Crippen LogP contribution in [0, 0.1) is 6.92 Å². The van der Waals surface area contributed by atoms with Crippen molar-refractivity contribution in [1.82, 2.24) is 9.88 Å². The van der Waals surface area contributed by atoms with Crippen LogP contribution in [0.25, 0.3) is 10.9 Å². The van der Waals surface area contributed by atoms with Crippen LogP contribution < -0.4 is 5.32 Å². The third-order valence-corrected chi connectivity index (χ3v) is 5.70. The molecule has 1 unspecified atom stereocenters. The van der Waals surface area contributed by atoms with Crippen LogP contribution in [0.3, 0.4) is 0 Å². The van der Waals surface area contributed by atoms with Gasteiger partial charge >= 0.3 is 5.97 Å². The zero-order valence-electron chi connectivity index (χ0n) is 15.9. The summed E-state index contributed by atoms with van der Waals surface area (Å²) in [6.07, 6.45) is 3.61. The van der Waals surface area contributed by atoms with Gasteiger partial charge in [0.15, 0.2) is 0 Å². The van der Waals surface area contributed by atoms with Gasteiger partial charge in [-0.2, -0.15) is 0 Å². The molecule has 0 radical (unpaired) electrons. The van der Waals surface area contributed by atoms with Gasteiger partial charge in [0.2, 0.25) is 0 Å². The molecule has 4 rings (SSSR count). The SMILES string of the molecule is Cc1ccc(Cn2c(C(=O)O)c(C(C)NC3CCC3)c3ccccc32)cc1. The van der Waals surface area contributed by atoms with Crippen molar-refractivity contribution in [3.05, 3.63) is 70.9 Å². The van der Waals surface area contributed by atoms with Crippen LogP contribution in [0.2, 0.25) is 0 Å². The van der Waals surface area contributed by atoms with Crippen molar-refractivity contribution >= 4 is 16.9 Å². The van der Waals surface area contributed by atoms with Gasteiger partial charge in [0.1, 0.15) is 5.69 Å². The fourth-order valence-electron chi connectivity index (χ4n) is 4.05. The van der Waals surface area contributed by atoms with Crippen molar-refractivity contribution in [2.75, 3.05) is 0 Å². The Balaban J connectivity index is 1.82. The number of carboxylic acids is 1. The van der Waals surface area contributed by atoms with E-state index in [0.717, 1.165) is 22.0 Å². The lowest BCUT2D eigenvalue weighted by molar-refractivity contribution is 0.0684. The monoisotopic (exact) mass is 362 g/mol. The molecule has 1 atom stereocenters. The number of aromatic carboxylic acids is 1. The molecular weight excluding hydrogens is 336 g/mol. The van der Waals surface area contributed by atoms with Crippen LogP contribution in [-0.2, 0) is 6.54 Å². The number of aromatic nitrogens is 1. The number of nitrogens with zero attached hydrogens (tertiary/aromatic N) is 1. The van der Waals surface area contributed by atoms with E-state index in [-0.39, 0.29) is 6.04 Å². The fourth-order valence-corrected chi connectivity index (χ4v) is 4.05. The van der Waals surface area contributed by atoms with E-state index in [2.05, 4.69) is 43.4 Å². The molecule has 0 saturated heterocycles. The summed E-state index contributed by atoms with van der Waals surface area (Å²) >= 11 is 0. The number of fused-ring (bicyclic) bond motifs is 1. The Kier molecular flexibility index (Phi) is 4.75. The van der Waals surface area contributed by atoms with Gasteiger partial charge in [-0.05, 0) is 38.3 Å². The largest absolute Gasteiger partial charge is 0.477 e. The Labute approximate surface area is 159 Å². The Morgan fingerprint density at radius 2 is 1.89 bits per heavy atom. The number of rotatable bonds is 6. The predicted molar refractivity (Wildman–Crippen MR) is 108 cm³/mol. The molecule has 0 spiro atoms. The maximum atomic E-state index is 12.3. The van der Waals surface area contributed by atoms with Crippen LogP contribution in [0.4, 0.5) is 0 Å². The van der Waals surface area contributed by atoms with Crippen molar-refractivity contribution in [1.29, 1.82) is 0 Å². The van der Waals surface area contributed by atoms with E-state index in [1.807, 2.05) is 28.8 Å². The molecule has 0 bridgehead atoms. The molecule has 1 heterocycles. The molecule has 1 aromatic heterocycles. The van der Waals surface area contributed by atoms with E-state index in [4.69, 9.17) is 0 Å². The lowest BCUT2D eigenvalue weighted by Crippen LogP contribution is -2.37. The number of hydrogen-bond acceptors (Lipinski definition) is 2. The molecular formula is C23H26N2O2. The molecule has 140 valence electrons. The predicted octanol–water partition coefficient (Wildman–Crippen LogP) is 4.90. The molecule has 0 aliphatic heterocycles. The first-order valence-electron chi connectivity index (χ1n) is 9.70. The Bertz CT molecular complexity index is 968. The Morgan fingerprint density at radius 3 is 2.52 bits per heavy atom. The lowest BCUT2D eigenvalue weighted by Gasteiger charge is -2.30. The summed E-state index contributed by atoms with van der Waals surface area (Å²) in [5.74, 6) is -0.865. The van der Waals surface area contributed by atoms with Gasteiger partial charge in [0.25, 0.3) is 0 Å². The average Bonchev–Trinajstić information content (AvgIpc) is 2.95. The van der Waals surface area contributed by atoms with Crippen LogP contribution >= 0.6 is 0 Å². The Morgan fingerprint density at radius 1 is 1.19 bits per heavy atom. The van der Waals surface area contributed by atoms with Gasteiger partial charge in [-0.25, -0.2) is 4.79 Å². The van der Waals surface area contributed by atoms with Crippen molar-refractivity contribution in [2.24, 2.45) is 0 Å². The van der Waals surface area contributed by atoms with Gasteiger partial charge in [-0.3, -0.25) is 0 Å². The van der Waals surface area contributed by atoms with E-state index in [9.17, 15) is 9.90 Å². The summed E-state index contributed by atoms with van der Waals surface area (Å²) < 4.78 is 1.95. The number of aryl methyl sites for hydroxylation is 1. The quantitative estimate of drug-likeness (QED) is 0.656. The first kappa shape index (κ1) is 17.8. The highest BCUT2D eigenvalue weighted by Crippen LogP contribution is 2.33. The summed E-state index contributed by atoms with van der Waals surface area (Å²) in [5.41, 5.74) is 4.59. The van der Waals surface area contributed by atoms with E-state index >= 15 is 0 Å². The molecule has 4 heteroatoms. The highest BCUT2D eigenvalue weighted by molar-refractivity contribution is 5.98. The number of carbonyl (C=O) groups is 1. The highest BCUT2D eigenvalue weighted by atomic mass is 16.4. The first-order chi connectivity index (χ1) is 13.0. The van der Waals surface area contributed by atoms with E-state index in [1.165, 1.54) is 24.8 Å². The van der Waals surface area contributed by atoms with Crippen LogP contribution in [-0.4, -0.2) is 21.7 Å². The average molecular weight is 362 g/mol. The normalized spacial score (nSPS) is 15.6. The molecule has 27 heavy (non-hydrogen) atoms. The number of benzene rings is 2. The van der Waals surface area contributed by atoms with E-state index in [0.29, 0.717) is 18.3 Å². The summed E-state index contributed by atoms with van der Waals surface area (Å²) in [4.78, 5) is 12.3. The van der Waals surface area contributed by atoms with Gasteiger partial charge in [-0.1, -0.05) is 54.4 Å². The van der Waals surface area contributed by atoms with Crippen LogP contribution in [0.1, 0.15) is 59.4 Å². The van der Waals surface area contributed by atoms with Crippen LogP contribution in [0.5, 0.6) is 0 Å². The van der Waals surface area contributed by atoms with E-state index < -0.39 is 5.97 Å². The minimum atomic E-state index is -0.865. The van der Waals surface area contributed by atoms with Gasteiger partial charge in [-0.15, -0.1) is 0 Å². The number of nitrogens with one attached hydrogen (secondary N) is 1. The second-order valence-corrected chi connectivity index (χ2v) is 7.67. The van der Waals surface area contributed by atoms with Gasteiger partial charge in [0, 0.05) is 35.1 Å². The molecule has 1 aliphatic rings. The second-order valence-electron chi connectivity index (χ2n) is 7.67. The first-order valence-corrected chi connectivity index (χ1v) is 9.70. The zero-order valence-corrected chi connectivity index (χ0v) is 15.9. The number of carboxylic acid groups (broad SMARTS) is 1. The van der Waals surface area contributed by atoms with Crippen LogP contribution in [0.15, 0.2) is 48.5 Å². The topological polar surface area (TPSA) is 54.3 Å². The molecule has 3 aromatic rings. The highest BCUT2D eigenvalue weighted by Gasteiger charge is 2.28. The molecule has 1 aliphatic carbocycles. The minimum absolute atomic E-state index is 0.00516. The van der Waals surface area contributed by atoms with Crippen molar-refractivity contribution in [3.8, 4) is 0 Å². The maximum absolute atomic E-state index is 12.3. The molecule has 1 fully saturated rings. The van der Waals surface area contributed by atoms with Gasteiger partial charge in [0.05, 0.1) is 0 Å². The number of para-hydroxylation sites is 1. The molecule has 2 aromatic carbocycles. The second kappa shape index (κ2) is 7.20. The summed E-state index contributed by atoms with van der Waals surface area (Å²) in [7, 11) is 0. The summed E-state index contributed by atoms with van der Waals surface area (Å²) in [5, 5.41) is 14.7. The zero-order chi connectivity index (χ0) is 19.0. The van der Waals surface area contributed by atoms with E-state index in [1.54, 1.807) is 0 Å². The maximum Gasteiger partial charge on any atom is 0.352 e. The third-order valence-electron chi connectivity index (χ3n) is 5.70. The minimum Gasteiger partial charge on any atom is -0.477 e. The summed E-state index contributed by atoms with van der Waals surface area (Å²) in [6, 6.07) is 16.8. The lowest BCUT2D eigenvalue weighted by atomic mass is 9.91. The van der Waals surface area contributed by atoms with Crippen molar-refractivity contribution in [2.45, 2.75) is 51.7 Å². The summed E-state index contributed by atoms with van der Waals surface area (Å²) in [6.45, 7) is 4.70. The number of hydrogen-bond donors (Lipinski definition) is 2. The molecule has 2 N–H and O–H groups in total. The van der Waals surface area contributed by atoms with Crippen molar-refractivity contribution < 1.29 is 9.90 Å². The van der Waals surface area contributed by atoms with Crippen molar-refractivity contribution in [3.63, 3.8) is 0 Å². The third kappa shape index (κ3) is 3.37. The molecule has 4 nitrogen and oxygen atoms in total. The van der Waals surface area contributed by atoms with Gasteiger partial charge < -0.3 is 15.0 Å². The smallest absolute Gasteiger partial charge is 0.352 e. The molecule has 1 saturated carbocycles. The standard InChI is InChI=1S/C23H26N2O2/c1-15-10-12-17(13-11-15)14-25-20-9-4-3-8-19(20)21(22(25)23(26)27)16(2)24-18-6-5-7-18/h3-4,8-13,16,18,24H,5-7,14H2,1-2H3,(H,26,27). The molecule has 0 amide bonds. The Hall–Kier alpha value is -2.59. The fraction of sp³-hybridized carbons (Fsp3) is 0.348.